The van der Waals surface area contributed by atoms with Crippen molar-refractivity contribution < 1.29 is 4.39 Å². The number of hydrogen-bond acceptors (Lipinski definition) is 6. The van der Waals surface area contributed by atoms with Gasteiger partial charge in [-0.05, 0) is 29.8 Å². The maximum Gasteiger partial charge on any atom is 0.184 e. The number of anilines is 2. The second-order valence-corrected chi connectivity index (χ2v) is 7.05. The van der Waals surface area contributed by atoms with E-state index in [2.05, 4.69) is 42.2 Å². The first-order valence-corrected chi connectivity index (χ1v) is 9.61. The molecule has 0 bridgehead atoms. The minimum Gasteiger partial charge on any atom is -0.368 e. The van der Waals surface area contributed by atoms with Gasteiger partial charge >= 0.3 is 0 Å². The first-order valence-electron chi connectivity index (χ1n) is 9.61. The Morgan fingerprint density at radius 3 is 2.31 bits per heavy atom. The predicted molar refractivity (Wildman–Crippen MR) is 109 cm³/mol. The normalized spacial score (nSPS) is 14.5. The van der Waals surface area contributed by atoms with Crippen molar-refractivity contribution in [3.05, 3.63) is 72.3 Å². The third-order valence-corrected chi connectivity index (χ3v) is 5.23. The van der Waals surface area contributed by atoms with Crippen molar-refractivity contribution in [1.82, 2.24) is 25.0 Å². The van der Waals surface area contributed by atoms with Crippen LogP contribution < -0.4 is 9.80 Å². The lowest BCUT2D eigenvalue weighted by Gasteiger charge is -2.36. The van der Waals surface area contributed by atoms with Crippen molar-refractivity contribution in [1.29, 1.82) is 0 Å². The third-order valence-electron chi connectivity index (χ3n) is 5.23. The molecule has 0 amide bonds. The van der Waals surface area contributed by atoms with E-state index >= 15 is 0 Å². The van der Waals surface area contributed by atoms with E-state index in [1.54, 1.807) is 6.33 Å². The molecule has 146 valence electrons. The van der Waals surface area contributed by atoms with Crippen molar-refractivity contribution in [2.45, 2.75) is 6.54 Å². The maximum absolute atomic E-state index is 13.2. The van der Waals surface area contributed by atoms with Gasteiger partial charge in [-0.15, -0.1) is 5.10 Å². The standard InChI is InChI=1S/C21H20FN7/c22-17-6-8-18(9-7-17)27-10-12-28(13-11-27)20-19-21(24-15-23-20)29(26-25-19)14-16-4-2-1-3-5-16/h1-9,15H,10-14H2. The number of benzene rings is 2. The van der Waals surface area contributed by atoms with Gasteiger partial charge in [0.05, 0.1) is 6.54 Å². The summed E-state index contributed by atoms with van der Waals surface area (Å²) in [4.78, 5) is 13.4. The number of piperazine rings is 1. The van der Waals surface area contributed by atoms with Gasteiger partial charge < -0.3 is 9.80 Å². The van der Waals surface area contributed by atoms with Crippen molar-refractivity contribution >= 4 is 22.7 Å². The first kappa shape index (κ1) is 17.5. The summed E-state index contributed by atoms with van der Waals surface area (Å²) in [5.41, 5.74) is 3.64. The summed E-state index contributed by atoms with van der Waals surface area (Å²) in [5.74, 6) is 0.599. The van der Waals surface area contributed by atoms with E-state index in [9.17, 15) is 4.39 Å². The second-order valence-electron chi connectivity index (χ2n) is 7.05. The average Bonchev–Trinajstić information content (AvgIpc) is 3.18. The highest BCUT2D eigenvalue weighted by Gasteiger charge is 2.22. The van der Waals surface area contributed by atoms with Crippen LogP contribution in [0.2, 0.25) is 0 Å². The Bertz CT molecular complexity index is 1100. The summed E-state index contributed by atoms with van der Waals surface area (Å²) < 4.78 is 15.0. The maximum atomic E-state index is 13.2. The Labute approximate surface area is 167 Å². The van der Waals surface area contributed by atoms with Crippen LogP contribution in [0.4, 0.5) is 15.9 Å². The number of aromatic nitrogens is 5. The number of fused-ring (bicyclic) bond motifs is 1. The second kappa shape index (κ2) is 7.46. The van der Waals surface area contributed by atoms with Gasteiger partial charge in [0.15, 0.2) is 17.0 Å². The summed E-state index contributed by atoms with van der Waals surface area (Å²) in [5, 5.41) is 8.68. The molecule has 1 saturated heterocycles. The molecular weight excluding hydrogens is 369 g/mol. The van der Waals surface area contributed by atoms with E-state index in [0.717, 1.165) is 54.4 Å². The highest BCUT2D eigenvalue weighted by atomic mass is 19.1. The van der Waals surface area contributed by atoms with Gasteiger partial charge in [0.2, 0.25) is 0 Å². The van der Waals surface area contributed by atoms with Crippen LogP contribution >= 0.6 is 0 Å². The zero-order chi connectivity index (χ0) is 19.6. The Hall–Kier alpha value is -3.55. The molecular formula is C21H20FN7. The molecule has 3 heterocycles. The van der Waals surface area contributed by atoms with Gasteiger partial charge in [0.25, 0.3) is 0 Å². The summed E-state index contributed by atoms with van der Waals surface area (Å²) in [6.45, 7) is 3.88. The molecule has 0 spiro atoms. The molecule has 0 N–H and O–H groups in total. The van der Waals surface area contributed by atoms with Crippen LogP contribution in [0, 0.1) is 5.82 Å². The van der Waals surface area contributed by atoms with E-state index in [-0.39, 0.29) is 5.82 Å². The lowest BCUT2D eigenvalue weighted by Crippen LogP contribution is -2.47. The van der Waals surface area contributed by atoms with Crippen LogP contribution in [0.1, 0.15) is 5.56 Å². The fraction of sp³-hybridized carbons (Fsp3) is 0.238. The molecule has 8 heteroatoms. The summed E-state index contributed by atoms with van der Waals surface area (Å²) in [6.07, 6.45) is 1.58. The molecule has 0 unspecified atom stereocenters. The van der Waals surface area contributed by atoms with Crippen LogP contribution in [0.25, 0.3) is 11.2 Å². The highest BCUT2D eigenvalue weighted by Crippen LogP contribution is 2.24. The fourth-order valence-electron chi connectivity index (χ4n) is 3.70. The molecule has 0 aliphatic carbocycles. The lowest BCUT2D eigenvalue weighted by molar-refractivity contribution is 0.624. The lowest BCUT2D eigenvalue weighted by atomic mass is 10.2. The quantitative estimate of drug-likeness (QED) is 0.535. The molecule has 4 aromatic rings. The first-order chi connectivity index (χ1) is 14.3. The molecule has 0 atom stereocenters. The number of rotatable bonds is 4. The van der Waals surface area contributed by atoms with E-state index in [4.69, 9.17) is 0 Å². The molecule has 7 nitrogen and oxygen atoms in total. The smallest absolute Gasteiger partial charge is 0.184 e. The molecule has 29 heavy (non-hydrogen) atoms. The minimum absolute atomic E-state index is 0.214. The molecule has 2 aromatic heterocycles. The molecule has 0 radical (unpaired) electrons. The fourth-order valence-corrected chi connectivity index (χ4v) is 3.70. The van der Waals surface area contributed by atoms with Gasteiger partial charge in [-0.1, -0.05) is 35.5 Å². The average molecular weight is 389 g/mol. The summed E-state index contributed by atoms with van der Waals surface area (Å²) >= 11 is 0. The van der Waals surface area contributed by atoms with Gasteiger partial charge in [0, 0.05) is 31.9 Å². The van der Waals surface area contributed by atoms with E-state index < -0.39 is 0 Å². The third kappa shape index (κ3) is 3.49. The molecule has 5 rings (SSSR count). The Kier molecular flexibility index (Phi) is 4.51. The van der Waals surface area contributed by atoms with E-state index in [1.165, 1.54) is 12.1 Å². The van der Waals surface area contributed by atoms with Crippen molar-refractivity contribution in [2.75, 3.05) is 36.0 Å². The summed E-state index contributed by atoms with van der Waals surface area (Å²) in [6, 6.07) is 16.8. The SMILES string of the molecule is Fc1ccc(N2CCN(c3ncnc4c3nnn4Cc3ccccc3)CC2)cc1. The zero-order valence-electron chi connectivity index (χ0n) is 15.8. The Morgan fingerprint density at radius 2 is 1.55 bits per heavy atom. The van der Waals surface area contributed by atoms with Gasteiger partial charge in [0.1, 0.15) is 12.1 Å². The predicted octanol–water partition coefficient (Wildman–Crippen LogP) is 2.74. The minimum atomic E-state index is -0.214. The molecule has 0 saturated carbocycles. The largest absolute Gasteiger partial charge is 0.368 e. The molecule has 1 fully saturated rings. The van der Waals surface area contributed by atoms with Crippen LogP contribution in [0.15, 0.2) is 60.9 Å². The number of nitrogens with zero attached hydrogens (tertiary/aromatic N) is 7. The number of hydrogen-bond donors (Lipinski definition) is 0. The van der Waals surface area contributed by atoms with Crippen LogP contribution in [-0.4, -0.2) is 51.1 Å². The zero-order valence-corrected chi connectivity index (χ0v) is 15.8. The number of halogens is 1. The molecule has 2 aromatic carbocycles. The van der Waals surface area contributed by atoms with Gasteiger partial charge in [-0.2, -0.15) is 0 Å². The summed E-state index contributed by atoms with van der Waals surface area (Å²) in [7, 11) is 0. The van der Waals surface area contributed by atoms with Crippen molar-refractivity contribution in [3.8, 4) is 0 Å². The van der Waals surface area contributed by atoms with Gasteiger partial charge in [-0.25, -0.2) is 19.0 Å². The van der Waals surface area contributed by atoms with Crippen LogP contribution in [0.3, 0.4) is 0 Å². The molecule has 1 aliphatic rings. The Balaban J connectivity index is 1.35. The van der Waals surface area contributed by atoms with E-state index in [1.807, 2.05) is 35.0 Å². The monoisotopic (exact) mass is 389 g/mol. The topological polar surface area (TPSA) is 63.0 Å². The molecule has 1 aliphatic heterocycles. The Morgan fingerprint density at radius 1 is 0.828 bits per heavy atom. The van der Waals surface area contributed by atoms with E-state index in [0.29, 0.717) is 6.54 Å². The van der Waals surface area contributed by atoms with Crippen molar-refractivity contribution in [2.24, 2.45) is 0 Å². The highest BCUT2D eigenvalue weighted by molar-refractivity contribution is 5.82. The van der Waals surface area contributed by atoms with Crippen LogP contribution in [-0.2, 0) is 6.54 Å². The van der Waals surface area contributed by atoms with Crippen LogP contribution in [0.5, 0.6) is 0 Å². The van der Waals surface area contributed by atoms with Gasteiger partial charge in [-0.3, -0.25) is 0 Å². The van der Waals surface area contributed by atoms with Crippen molar-refractivity contribution in [3.63, 3.8) is 0 Å².